The number of hydrogen-bond acceptors (Lipinski definition) is 4. The number of piperidine rings is 1. The maximum Gasteiger partial charge on any atom is 0.262 e. The normalized spacial score (nSPS) is 25.7. The number of aryl methyl sites for hydroxylation is 1. The van der Waals surface area contributed by atoms with E-state index in [1.54, 1.807) is 11.2 Å². The number of nitrogens with zero attached hydrogens (tertiary/aromatic N) is 2. The number of sulfonamides is 1. The summed E-state index contributed by atoms with van der Waals surface area (Å²) in [5.74, 6) is 0.366. The number of rotatable bonds is 3. The van der Waals surface area contributed by atoms with Gasteiger partial charge in [0.1, 0.15) is 0 Å². The molecule has 1 aromatic rings. The second-order valence-electron chi connectivity index (χ2n) is 5.31. The van der Waals surface area contributed by atoms with E-state index in [1.807, 2.05) is 6.92 Å². The number of nitrogens with one attached hydrogen (secondary N) is 1. The maximum absolute atomic E-state index is 12.7. The van der Waals surface area contributed by atoms with Crippen LogP contribution < -0.4 is 5.73 Å². The summed E-state index contributed by atoms with van der Waals surface area (Å²) in [5.41, 5.74) is 6.95. The molecule has 1 aliphatic rings. The van der Waals surface area contributed by atoms with Crippen LogP contribution in [0.4, 0.5) is 0 Å². The van der Waals surface area contributed by atoms with Gasteiger partial charge in [-0.2, -0.15) is 9.40 Å². The third-order valence-corrected chi connectivity index (χ3v) is 6.07. The van der Waals surface area contributed by atoms with Crippen LogP contribution in [0.2, 0.25) is 0 Å². The van der Waals surface area contributed by atoms with E-state index in [0.717, 1.165) is 18.5 Å². The average Bonchev–Trinajstić information content (AvgIpc) is 2.74. The Morgan fingerprint density at radius 2 is 2.16 bits per heavy atom. The molecule has 0 saturated carbocycles. The SMILES string of the molecule is Cc1[nH]nc(S(=O)(=O)N2CCCC(C)C2C)c1CN. The van der Waals surface area contributed by atoms with E-state index in [4.69, 9.17) is 5.73 Å². The quantitative estimate of drug-likeness (QED) is 0.866. The molecular formula is C12H22N4O2S. The summed E-state index contributed by atoms with van der Waals surface area (Å²) in [4.78, 5) is 0. The number of aromatic nitrogens is 2. The first-order chi connectivity index (χ1) is 8.89. The van der Waals surface area contributed by atoms with Crippen molar-refractivity contribution in [1.82, 2.24) is 14.5 Å². The van der Waals surface area contributed by atoms with Crippen molar-refractivity contribution in [3.8, 4) is 0 Å². The van der Waals surface area contributed by atoms with E-state index < -0.39 is 10.0 Å². The van der Waals surface area contributed by atoms with Crippen LogP contribution in [-0.4, -0.2) is 35.5 Å². The predicted octanol–water partition coefficient (Wildman–Crippen LogP) is 0.986. The van der Waals surface area contributed by atoms with Crippen molar-refractivity contribution in [2.24, 2.45) is 11.7 Å². The Bertz CT molecular complexity index is 552. The van der Waals surface area contributed by atoms with E-state index >= 15 is 0 Å². The molecule has 108 valence electrons. The van der Waals surface area contributed by atoms with Crippen LogP contribution in [0.5, 0.6) is 0 Å². The van der Waals surface area contributed by atoms with E-state index in [0.29, 0.717) is 18.0 Å². The largest absolute Gasteiger partial charge is 0.326 e. The number of nitrogens with two attached hydrogens (primary N) is 1. The Morgan fingerprint density at radius 1 is 1.47 bits per heavy atom. The first kappa shape index (κ1) is 14.5. The summed E-state index contributed by atoms with van der Waals surface area (Å²) in [6.45, 7) is 6.57. The minimum absolute atomic E-state index is 0.00128. The fourth-order valence-corrected chi connectivity index (χ4v) is 4.58. The van der Waals surface area contributed by atoms with Crippen LogP contribution >= 0.6 is 0 Å². The Kier molecular flexibility index (Phi) is 3.98. The number of hydrogen-bond donors (Lipinski definition) is 2. The molecule has 6 nitrogen and oxygen atoms in total. The zero-order valence-electron chi connectivity index (χ0n) is 11.7. The Morgan fingerprint density at radius 3 is 2.79 bits per heavy atom. The van der Waals surface area contributed by atoms with Gasteiger partial charge in [0.2, 0.25) is 0 Å². The minimum atomic E-state index is -3.56. The van der Waals surface area contributed by atoms with Crippen molar-refractivity contribution >= 4 is 10.0 Å². The average molecular weight is 286 g/mol. The van der Waals surface area contributed by atoms with Gasteiger partial charge in [-0.3, -0.25) is 5.10 Å². The molecule has 0 amide bonds. The molecular weight excluding hydrogens is 264 g/mol. The zero-order valence-corrected chi connectivity index (χ0v) is 12.5. The first-order valence-corrected chi connectivity index (χ1v) is 8.09. The van der Waals surface area contributed by atoms with Gasteiger partial charge >= 0.3 is 0 Å². The van der Waals surface area contributed by atoms with Crippen molar-refractivity contribution < 1.29 is 8.42 Å². The van der Waals surface area contributed by atoms with Crippen LogP contribution in [0.15, 0.2) is 5.03 Å². The van der Waals surface area contributed by atoms with Gasteiger partial charge in [0, 0.05) is 30.4 Å². The highest BCUT2D eigenvalue weighted by Gasteiger charge is 2.37. The second kappa shape index (κ2) is 5.22. The Hall–Kier alpha value is -0.920. The van der Waals surface area contributed by atoms with Crippen LogP contribution in [-0.2, 0) is 16.6 Å². The molecule has 2 unspecified atom stereocenters. The molecule has 1 aliphatic heterocycles. The molecule has 1 fully saturated rings. The van der Waals surface area contributed by atoms with E-state index in [1.165, 1.54) is 0 Å². The lowest BCUT2D eigenvalue weighted by atomic mass is 9.94. The number of H-pyrrole nitrogens is 1. The molecule has 0 aliphatic carbocycles. The van der Waals surface area contributed by atoms with Crippen LogP contribution in [0.25, 0.3) is 0 Å². The van der Waals surface area contributed by atoms with Gasteiger partial charge < -0.3 is 5.73 Å². The van der Waals surface area contributed by atoms with Crippen molar-refractivity contribution in [3.05, 3.63) is 11.3 Å². The lowest BCUT2D eigenvalue weighted by Crippen LogP contribution is -2.46. The highest BCUT2D eigenvalue weighted by atomic mass is 32.2. The van der Waals surface area contributed by atoms with Crippen molar-refractivity contribution in [3.63, 3.8) is 0 Å². The summed E-state index contributed by atoms with van der Waals surface area (Å²) in [5, 5.41) is 6.77. The van der Waals surface area contributed by atoms with Crippen LogP contribution in [0.3, 0.4) is 0 Å². The van der Waals surface area contributed by atoms with Crippen molar-refractivity contribution in [2.45, 2.75) is 51.2 Å². The Balaban J connectivity index is 2.41. The molecule has 7 heteroatoms. The first-order valence-electron chi connectivity index (χ1n) is 6.65. The van der Waals surface area contributed by atoms with Gasteiger partial charge in [0.25, 0.3) is 10.0 Å². The molecule has 2 atom stereocenters. The molecule has 2 rings (SSSR count). The van der Waals surface area contributed by atoms with Gasteiger partial charge in [-0.15, -0.1) is 0 Å². The summed E-state index contributed by atoms with van der Waals surface area (Å²) in [6.07, 6.45) is 1.96. The second-order valence-corrected chi connectivity index (χ2v) is 7.12. The molecule has 0 radical (unpaired) electrons. The van der Waals surface area contributed by atoms with Gasteiger partial charge in [0.15, 0.2) is 5.03 Å². The van der Waals surface area contributed by atoms with Gasteiger partial charge in [0.05, 0.1) is 0 Å². The van der Waals surface area contributed by atoms with Gasteiger partial charge in [-0.05, 0) is 32.6 Å². The minimum Gasteiger partial charge on any atom is -0.326 e. The highest BCUT2D eigenvalue weighted by Crippen LogP contribution is 2.29. The fraction of sp³-hybridized carbons (Fsp3) is 0.750. The lowest BCUT2D eigenvalue weighted by Gasteiger charge is -2.36. The smallest absolute Gasteiger partial charge is 0.262 e. The molecule has 0 spiro atoms. The lowest BCUT2D eigenvalue weighted by molar-refractivity contribution is 0.201. The zero-order chi connectivity index (χ0) is 14.2. The topological polar surface area (TPSA) is 92.1 Å². The number of aromatic amines is 1. The molecule has 0 aromatic carbocycles. The molecule has 2 heterocycles. The monoisotopic (exact) mass is 286 g/mol. The maximum atomic E-state index is 12.7. The van der Waals surface area contributed by atoms with E-state index in [-0.39, 0.29) is 17.6 Å². The molecule has 1 aromatic heterocycles. The van der Waals surface area contributed by atoms with Gasteiger partial charge in [-0.25, -0.2) is 8.42 Å². The molecule has 0 bridgehead atoms. The van der Waals surface area contributed by atoms with Crippen molar-refractivity contribution in [2.75, 3.05) is 6.54 Å². The third kappa shape index (κ3) is 2.42. The Labute approximate surface area is 114 Å². The molecule has 1 saturated heterocycles. The van der Waals surface area contributed by atoms with Crippen LogP contribution in [0.1, 0.15) is 37.9 Å². The summed E-state index contributed by atoms with van der Waals surface area (Å²) < 4.78 is 27.0. The predicted molar refractivity (Wildman–Crippen MR) is 73.0 cm³/mol. The van der Waals surface area contributed by atoms with E-state index in [2.05, 4.69) is 17.1 Å². The summed E-state index contributed by atoms with van der Waals surface area (Å²) >= 11 is 0. The molecule has 3 N–H and O–H groups in total. The summed E-state index contributed by atoms with van der Waals surface area (Å²) in [6, 6.07) is 0.00128. The van der Waals surface area contributed by atoms with Crippen molar-refractivity contribution in [1.29, 1.82) is 0 Å². The fourth-order valence-electron chi connectivity index (χ4n) is 2.63. The van der Waals surface area contributed by atoms with Crippen LogP contribution in [0, 0.1) is 12.8 Å². The molecule has 19 heavy (non-hydrogen) atoms. The third-order valence-electron chi connectivity index (χ3n) is 4.11. The standard InChI is InChI=1S/C12H22N4O2S/c1-8-5-4-6-16(10(8)3)19(17,18)12-11(7-13)9(2)14-15-12/h8,10H,4-7,13H2,1-3H3,(H,14,15). The summed E-state index contributed by atoms with van der Waals surface area (Å²) in [7, 11) is -3.56. The van der Waals surface area contributed by atoms with E-state index in [9.17, 15) is 8.42 Å². The highest BCUT2D eigenvalue weighted by molar-refractivity contribution is 7.89. The van der Waals surface area contributed by atoms with Gasteiger partial charge in [-0.1, -0.05) is 6.92 Å².